The van der Waals surface area contributed by atoms with E-state index in [-0.39, 0.29) is 0 Å². The molecule has 158 valence electrons. The summed E-state index contributed by atoms with van der Waals surface area (Å²) < 4.78 is 0. The highest BCUT2D eigenvalue weighted by Gasteiger charge is 2.11. The van der Waals surface area contributed by atoms with Crippen molar-refractivity contribution in [3.63, 3.8) is 0 Å². The van der Waals surface area contributed by atoms with Crippen molar-refractivity contribution in [1.29, 1.82) is 0 Å². The lowest BCUT2D eigenvalue weighted by atomic mass is 9.96. The van der Waals surface area contributed by atoms with Crippen molar-refractivity contribution in [3.05, 3.63) is 124 Å². The van der Waals surface area contributed by atoms with Crippen LogP contribution < -0.4 is 0 Å². The number of phenols is 3. The highest BCUT2D eigenvalue weighted by Crippen LogP contribution is 2.30. The smallest absolute Gasteiger partial charge is 0.122 e. The first kappa shape index (κ1) is 22.0. The van der Waals surface area contributed by atoms with Crippen LogP contribution in [0.15, 0.2) is 91.0 Å². The molecule has 0 saturated carbocycles. The molecule has 0 aromatic heterocycles. The molecule has 0 bridgehead atoms. The fraction of sp³-hybridized carbons (Fsp3) is 0.143. The van der Waals surface area contributed by atoms with E-state index in [1.165, 1.54) is 11.1 Å². The van der Waals surface area contributed by atoms with Gasteiger partial charge in [0.15, 0.2) is 0 Å². The fourth-order valence-electron chi connectivity index (χ4n) is 3.47. The van der Waals surface area contributed by atoms with E-state index in [0.29, 0.717) is 30.1 Å². The molecule has 0 aliphatic carbocycles. The zero-order chi connectivity index (χ0) is 22.2. The summed E-state index contributed by atoms with van der Waals surface area (Å²) in [5.41, 5.74) is 5.82. The van der Waals surface area contributed by atoms with E-state index >= 15 is 0 Å². The van der Waals surface area contributed by atoms with E-state index in [1.807, 2.05) is 55.5 Å². The number of rotatable bonds is 4. The molecule has 0 fully saturated rings. The molecular weight excluding hydrogens is 384 g/mol. The molecule has 3 N–H and O–H groups in total. The Morgan fingerprint density at radius 2 is 1.13 bits per heavy atom. The zero-order valence-electron chi connectivity index (χ0n) is 17.9. The van der Waals surface area contributed by atoms with Gasteiger partial charge in [0.25, 0.3) is 0 Å². The summed E-state index contributed by atoms with van der Waals surface area (Å²) in [7, 11) is 0. The molecule has 0 heterocycles. The molecule has 0 radical (unpaired) electrons. The number of para-hydroxylation sites is 3. The summed E-state index contributed by atoms with van der Waals surface area (Å²) in [6.45, 7) is 3.95. The maximum Gasteiger partial charge on any atom is 0.122 e. The molecule has 0 spiro atoms. The van der Waals surface area contributed by atoms with Crippen LogP contribution >= 0.6 is 0 Å². The largest absolute Gasteiger partial charge is 0.508 e. The van der Waals surface area contributed by atoms with Gasteiger partial charge in [-0.25, -0.2) is 0 Å². The highest BCUT2D eigenvalue weighted by molar-refractivity contribution is 5.48. The van der Waals surface area contributed by atoms with Crippen molar-refractivity contribution in [1.82, 2.24) is 0 Å². The molecule has 4 aromatic rings. The lowest BCUT2D eigenvalue weighted by Gasteiger charge is -2.12. The van der Waals surface area contributed by atoms with Gasteiger partial charge in [-0.1, -0.05) is 84.4 Å². The third-order valence-electron chi connectivity index (χ3n) is 5.14. The number of aromatic hydroxyl groups is 3. The van der Waals surface area contributed by atoms with Crippen LogP contribution in [0, 0.1) is 13.8 Å². The van der Waals surface area contributed by atoms with Gasteiger partial charge >= 0.3 is 0 Å². The zero-order valence-corrected chi connectivity index (χ0v) is 17.9. The minimum atomic E-state index is 0.306. The van der Waals surface area contributed by atoms with E-state index < -0.39 is 0 Å². The van der Waals surface area contributed by atoms with E-state index in [1.54, 1.807) is 24.3 Å². The van der Waals surface area contributed by atoms with Gasteiger partial charge in [-0.2, -0.15) is 0 Å². The first-order chi connectivity index (χ1) is 14.9. The predicted molar refractivity (Wildman–Crippen MR) is 126 cm³/mol. The quantitative estimate of drug-likeness (QED) is 0.369. The number of benzene rings is 4. The van der Waals surface area contributed by atoms with Crippen molar-refractivity contribution in [2.45, 2.75) is 26.7 Å². The van der Waals surface area contributed by atoms with Crippen molar-refractivity contribution in [2.75, 3.05) is 0 Å². The summed E-state index contributed by atoms with van der Waals surface area (Å²) in [5, 5.41) is 29.5. The average molecular weight is 413 g/mol. The standard InChI is InChI=1S/C22H22O2.C6H6O/c1-15-6-3-8-17(12-15)13-18-10-5-11-20(22(18)24)14-19-9-4-7-16(2)21(19)23;7-6-4-2-1-3-5-6/h3-12,23-24H,13-14H2,1-2H3;1-5,7H. The van der Waals surface area contributed by atoms with E-state index in [9.17, 15) is 10.2 Å². The summed E-state index contributed by atoms with van der Waals surface area (Å²) in [6.07, 6.45) is 1.21. The van der Waals surface area contributed by atoms with Gasteiger partial charge in [0.05, 0.1) is 0 Å². The summed E-state index contributed by atoms with van der Waals surface area (Å²) in [4.78, 5) is 0. The van der Waals surface area contributed by atoms with Gasteiger partial charge in [0, 0.05) is 12.8 Å². The Labute approximate surface area is 183 Å². The number of hydrogen-bond acceptors (Lipinski definition) is 3. The van der Waals surface area contributed by atoms with Crippen molar-refractivity contribution in [3.8, 4) is 17.2 Å². The van der Waals surface area contributed by atoms with Gasteiger partial charge in [0.2, 0.25) is 0 Å². The monoisotopic (exact) mass is 412 g/mol. The molecule has 3 nitrogen and oxygen atoms in total. The Morgan fingerprint density at radius 1 is 0.548 bits per heavy atom. The lowest BCUT2D eigenvalue weighted by Crippen LogP contribution is -1.95. The SMILES string of the molecule is Cc1cccc(Cc2cccc(Cc3cccc(C)c3O)c2O)c1.Oc1ccccc1. The summed E-state index contributed by atoms with van der Waals surface area (Å²) in [6, 6.07) is 28.6. The Kier molecular flexibility index (Phi) is 7.34. The summed E-state index contributed by atoms with van der Waals surface area (Å²) in [5.74, 6) is 0.948. The van der Waals surface area contributed by atoms with Gasteiger partial charge in [0.1, 0.15) is 17.2 Å². The topological polar surface area (TPSA) is 60.7 Å². The molecule has 0 unspecified atom stereocenters. The Morgan fingerprint density at radius 3 is 1.74 bits per heavy atom. The molecule has 4 rings (SSSR count). The minimum Gasteiger partial charge on any atom is -0.508 e. The molecule has 31 heavy (non-hydrogen) atoms. The van der Waals surface area contributed by atoms with Crippen LogP contribution in [-0.4, -0.2) is 15.3 Å². The second-order valence-electron chi connectivity index (χ2n) is 7.69. The molecule has 0 amide bonds. The van der Waals surface area contributed by atoms with Crippen LogP contribution in [0.4, 0.5) is 0 Å². The first-order valence-corrected chi connectivity index (χ1v) is 10.3. The normalized spacial score (nSPS) is 10.3. The second-order valence-corrected chi connectivity index (χ2v) is 7.69. The Hall–Kier alpha value is -3.72. The van der Waals surface area contributed by atoms with E-state index in [4.69, 9.17) is 5.11 Å². The maximum absolute atomic E-state index is 10.7. The summed E-state index contributed by atoms with van der Waals surface area (Å²) >= 11 is 0. The van der Waals surface area contributed by atoms with E-state index in [2.05, 4.69) is 25.1 Å². The molecule has 0 saturated heterocycles. The van der Waals surface area contributed by atoms with Gasteiger partial charge in [-0.05, 0) is 53.8 Å². The molecule has 3 heteroatoms. The average Bonchev–Trinajstić information content (AvgIpc) is 2.75. The molecule has 0 aliphatic rings. The lowest BCUT2D eigenvalue weighted by molar-refractivity contribution is 0.457. The predicted octanol–water partition coefficient (Wildman–Crippen LogP) is 6.29. The van der Waals surface area contributed by atoms with Crippen molar-refractivity contribution in [2.24, 2.45) is 0 Å². The van der Waals surface area contributed by atoms with Gasteiger partial charge < -0.3 is 15.3 Å². The van der Waals surface area contributed by atoms with Gasteiger partial charge in [-0.3, -0.25) is 0 Å². The van der Waals surface area contributed by atoms with Crippen LogP contribution in [0.25, 0.3) is 0 Å². The highest BCUT2D eigenvalue weighted by atomic mass is 16.3. The third kappa shape index (κ3) is 6.13. The van der Waals surface area contributed by atoms with Crippen LogP contribution in [0.2, 0.25) is 0 Å². The second kappa shape index (κ2) is 10.4. The van der Waals surface area contributed by atoms with Crippen LogP contribution in [-0.2, 0) is 12.8 Å². The number of aryl methyl sites for hydroxylation is 2. The minimum absolute atomic E-state index is 0.306. The molecule has 4 aromatic carbocycles. The fourth-order valence-corrected chi connectivity index (χ4v) is 3.47. The van der Waals surface area contributed by atoms with Crippen molar-refractivity contribution < 1.29 is 15.3 Å². The molecular formula is C28H28O3. The van der Waals surface area contributed by atoms with Crippen LogP contribution in [0.5, 0.6) is 17.2 Å². The molecule has 0 aliphatic heterocycles. The maximum atomic E-state index is 10.7. The Bertz CT molecular complexity index is 1130. The van der Waals surface area contributed by atoms with E-state index in [0.717, 1.165) is 22.3 Å². The van der Waals surface area contributed by atoms with Crippen LogP contribution in [0.1, 0.15) is 33.4 Å². The van der Waals surface area contributed by atoms with Crippen molar-refractivity contribution >= 4 is 0 Å². The number of hydrogen-bond donors (Lipinski definition) is 3. The number of phenolic OH excluding ortho intramolecular Hbond substituents is 3. The Balaban J connectivity index is 0.000000330. The van der Waals surface area contributed by atoms with Gasteiger partial charge in [-0.15, -0.1) is 0 Å². The first-order valence-electron chi connectivity index (χ1n) is 10.3. The van der Waals surface area contributed by atoms with Crippen LogP contribution in [0.3, 0.4) is 0 Å². The molecule has 0 atom stereocenters. The third-order valence-corrected chi connectivity index (χ3v) is 5.14.